The monoisotopic (exact) mass is 1270 g/mol. The van der Waals surface area contributed by atoms with Gasteiger partial charge in [-0.05, 0) is 31.5 Å². The zero-order valence-electron chi connectivity index (χ0n) is 50.3. The maximum atomic E-state index is 13.9. The van der Waals surface area contributed by atoms with Crippen LogP contribution >= 0.6 is 0 Å². The van der Waals surface area contributed by atoms with Gasteiger partial charge < -0.3 is 135 Å². The first-order valence-electron chi connectivity index (χ1n) is 29.7. The predicted octanol–water partition coefficient (Wildman–Crippen LogP) is -5.41. The van der Waals surface area contributed by atoms with E-state index in [4.69, 9.17) is 47.4 Å². The highest BCUT2D eigenvalue weighted by Crippen LogP contribution is 2.35. The van der Waals surface area contributed by atoms with Crippen molar-refractivity contribution in [3.05, 3.63) is 29.8 Å². The van der Waals surface area contributed by atoms with E-state index < -0.39 is 210 Å². The number of amides is 5. The smallest absolute Gasteiger partial charge is 0.251 e. The average Bonchev–Trinajstić information content (AvgIpc) is 0.919. The molecule has 32 nitrogen and oxygen atoms in total. The van der Waals surface area contributed by atoms with E-state index in [-0.39, 0.29) is 5.56 Å². The quantitative estimate of drug-likeness (QED) is 0.0226. The molecule has 5 rings (SSSR count). The lowest BCUT2D eigenvalue weighted by Crippen LogP contribution is -2.72. The Hall–Kier alpha value is -4.47. The zero-order valence-corrected chi connectivity index (χ0v) is 50.3. The van der Waals surface area contributed by atoms with Gasteiger partial charge >= 0.3 is 0 Å². The van der Waals surface area contributed by atoms with Gasteiger partial charge in [-0.3, -0.25) is 24.0 Å². The summed E-state index contributed by atoms with van der Waals surface area (Å²) in [6.45, 7) is 3.48. The van der Waals surface area contributed by atoms with Gasteiger partial charge in [-0.1, -0.05) is 64.4 Å². The van der Waals surface area contributed by atoms with Crippen molar-refractivity contribution in [3.63, 3.8) is 0 Å². The summed E-state index contributed by atoms with van der Waals surface area (Å²) in [4.78, 5) is 63.5. The molecule has 0 aliphatic carbocycles. The molecule has 0 bridgehead atoms. The summed E-state index contributed by atoms with van der Waals surface area (Å²) in [5.41, 5.74) is 0.0730. The van der Waals surface area contributed by atoms with Crippen LogP contribution in [-0.4, -0.2) is 278 Å². The van der Waals surface area contributed by atoms with Crippen LogP contribution in [0.2, 0.25) is 0 Å². The number of ether oxygens (including phenoxy) is 10. The predicted molar refractivity (Wildman–Crippen MR) is 299 cm³/mol. The molecular formula is C56H93N5O27. The minimum absolute atomic E-state index is 0.0730. The van der Waals surface area contributed by atoms with Gasteiger partial charge in [-0.25, -0.2) is 0 Å². The van der Waals surface area contributed by atoms with Crippen molar-refractivity contribution in [2.75, 3.05) is 39.6 Å². The van der Waals surface area contributed by atoms with E-state index in [1.54, 1.807) is 12.1 Å². The Labute approximate surface area is 509 Å². The van der Waals surface area contributed by atoms with Gasteiger partial charge in [-0.15, -0.1) is 0 Å². The molecule has 0 aromatic heterocycles. The van der Waals surface area contributed by atoms with Gasteiger partial charge in [0.05, 0.1) is 45.7 Å². The maximum absolute atomic E-state index is 13.9. The third kappa shape index (κ3) is 20.8. The fourth-order valence-electron chi connectivity index (χ4n) is 10.7. The van der Waals surface area contributed by atoms with Crippen LogP contribution in [-0.2, 0) is 61.8 Å². The van der Waals surface area contributed by atoms with E-state index in [0.717, 1.165) is 53.4 Å². The van der Waals surface area contributed by atoms with E-state index >= 15 is 0 Å². The van der Waals surface area contributed by atoms with Crippen LogP contribution in [0.15, 0.2) is 24.3 Å². The number of aliphatic hydroxyl groups is 12. The summed E-state index contributed by atoms with van der Waals surface area (Å²) in [5.74, 6) is -3.48. The molecule has 1 aromatic carbocycles. The SMILES string of the molecule is CCCCCCCCCCCOc1cccc(C(=O)N[C@@H]2C(O[C@H]3C(O)C(NC(C)=O)[C@H](OC4C(CO)O[C@@H](O[C@H]5C(O)C(NC(C)=O)C(OC(C)C(CO)OC(O)C(O)NC(C)=O)O[C@H]5CO)[C@@H](NC(C)=O)[C@H]4O)O[C@H]3CO)OC(CO)[C@@H](O)[C@@H]2O)c1. The Bertz CT molecular complexity index is 2300. The first-order valence-corrected chi connectivity index (χ1v) is 29.7. The number of carbonyl (C=O) groups excluding carboxylic acids is 5. The van der Waals surface area contributed by atoms with Crippen LogP contribution < -0.4 is 31.3 Å². The van der Waals surface area contributed by atoms with Crippen LogP contribution in [0.4, 0.5) is 0 Å². The van der Waals surface area contributed by atoms with Gasteiger partial charge in [-0.2, -0.15) is 0 Å². The number of benzene rings is 1. The van der Waals surface area contributed by atoms with Crippen LogP contribution in [0, 0.1) is 0 Å². The number of carbonyl (C=O) groups is 5. The second kappa shape index (κ2) is 36.5. The highest BCUT2D eigenvalue weighted by atomic mass is 16.8. The largest absolute Gasteiger partial charge is 0.494 e. The lowest BCUT2D eigenvalue weighted by molar-refractivity contribution is -0.364. The fourth-order valence-corrected chi connectivity index (χ4v) is 10.7. The molecule has 88 heavy (non-hydrogen) atoms. The Balaban J connectivity index is 1.32. The number of hydrogen-bond donors (Lipinski definition) is 17. The second-order valence-electron chi connectivity index (χ2n) is 22.3. The molecule has 504 valence electrons. The molecule has 0 saturated carbocycles. The molecule has 17 N–H and O–H groups in total. The summed E-state index contributed by atoms with van der Waals surface area (Å²) in [6, 6.07) is -0.480. The summed E-state index contributed by atoms with van der Waals surface area (Å²) >= 11 is 0. The standard InChI is InChI=1S/C56H93N5O27/c1-7-8-9-10-11-12-13-14-15-19-79-32-18-16-17-31(20-32)50(76)61-38-43(72)42(71)34(22-63)82-54(38)86-48-36(24-65)84-56(40(45(48)74)58-28(4)68)88-49-37(25-66)85-55(41(46(49)75)59-29(5)69)87-47-35(23-64)83-53(39(44(47)73)57-27(3)67)80-26(2)33(21-62)81-52(78)51(77)60-30(6)70/h16-18,20,26,33-49,51-56,62-66,71-75,77-78H,7-15,19,21-25H2,1-6H3,(H,57,67)(H,58,68)(H,59,69)(H,60,70)(H,61,76)/t26?,33?,34?,35-,36-,37?,38-,39?,40?,41-,42+,43+,44?,45?,46+,47+,48+,49?,51?,52?,53?,54?,55-,56-/m0/s1. The van der Waals surface area contributed by atoms with Crippen molar-refractivity contribution < 1.29 is 133 Å². The van der Waals surface area contributed by atoms with Crippen molar-refractivity contribution in [1.29, 1.82) is 0 Å². The number of unbranched alkanes of at least 4 members (excludes halogenated alkanes) is 8. The first kappa shape index (κ1) is 74.3. The molecule has 24 atom stereocenters. The van der Waals surface area contributed by atoms with Gasteiger partial charge in [0, 0.05) is 33.3 Å². The Kier molecular flexibility index (Phi) is 30.8. The highest BCUT2D eigenvalue weighted by Gasteiger charge is 2.57. The van der Waals surface area contributed by atoms with Crippen LogP contribution in [0.1, 0.15) is 110 Å². The molecular weight excluding hydrogens is 1170 g/mol. The number of hydrogen-bond acceptors (Lipinski definition) is 27. The van der Waals surface area contributed by atoms with Gasteiger partial charge in [0.1, 0.15) is 109 Å². The third-order valence-corrected chi connectivity index (χ3v) is 15.3. The zero-order chi connectivity index (χ0) is 64.9. The summed E-state index contributed by atoms with van der Waals surface area (Å²) in [5, 5.41) is 143. The van der Waals surface area contributed by atoms with E-state index in [0.29, 0.717) is 12.4 Å². The van der Waals surface area contributed by atoms with Gasteiger partial charge in [0.25, 0.3) is 5.91 Å². The van der Waals surface area contributed by atoms with E-state index in [9.17, 15) is 85.3 Å². The summed E-state index contributed by atoms with van der Waals surface area (Å²) in [7, 11) is 0. The molecule has 13 unspecified atom stereocenters. The molecule has 4 heterocycles. The molecule has 4 aliphatic heterocycles. The Morgan fingerprint density at radius 1 is 0.534 bits per heavy atom. The second-order valence-corrected chi connectivity index (χ2v) is 22.3. The number of aliphatic hydroxyl groups excluding tert-OH is 12. The van der Waals surface area contributed by atoms with E-state index in [1.165, 1.54) is 51.2 Å². The van der Waals surface area contributed by atoms with Gasteiger partial charge in [0.2, 0.25) is 29.9 Å². The van der Waals surface area contributed by atoms with Crippen LogP contribution in [0.3, 0.4) is 0 Å². The summed E-state index contributed by atoms with van der Waals surface area (Å²) in [6.07, 6.45) is -25.4. The topological polar surface area (TPSA) is 481 Å². The molecule has 1 aromatic rings. The first-order chi connectivity index (χ1) is 41.9. The van der Waals surface area contributed by atoms with Crippen molar-refractivity contribution in [3.8, 4) is 5.75 Å². The van der Waals surface area contributed by atoms with Crippen LogP contribution in [0.5, 0.6) is 5.75 Å². The lowest BCUT2D eigenvalue weighted by atomic mass is 9.93. The van der Waals surface area contributed by atoms with Crippen molar-refractivity contribution in [1.82, 2.24) is 26.6 Å². The highest BCUT2D eigenvalue weighted by molar-refractivity contribution is 5.94. The lowest BCUT2D eigenvalue weighted by Gasteiger charge is -2.51. The molecule has 5 amide bonds. The molecule has 4 saturated heterocycles. The molecule has 4 fully saturated rings. The molecule has 4 aliphatic rings. The van der Waals surface area contributed by atoms with Crippen molar-refractivity contribution in [2.45, 2.75) is 247 Å². The number of rotatable bonds is 34. The number of nitrogens with one attached hydrogen (secondary N) is 5. The fraction of sp³-hybridized carbons (Fsp3) is 0.804. The van der Waals surface area contributed by atoms with E-state index in [1.807, 2.05) is 5.32 Å². The molecule has 0 spiro atoms. The normalized spacial score (nSPS) is 33.9. The average molecular weight is 1270 g/mol. The van der Waals surface area contributed by atoms with Crippen LogP contribution in [0.25, 0.3) is 0 Å². The van der Waals surface area contributed by atoms with E-state index in [2.05, 4.69) is 28.2 Å². The third-order valence-electron chi connectivity index (χ3n) is 15.3. The van der Waals surface area contributed by atoms with Crippen molar-refractivity contribution >= 4 is 29.5 Å². The molecule has 32 heteroatoms. The maximum Gasteiger partial charge on any atom is 0.251 e. The Morgan fingerprint density at radius 3 is 1.39 bits per heavy atom. The minimum atomic E-state index is -2.08. The molecule has 0 radical (unpaired) electrons. The summed E-state index contributed by atoms with van der Waals surface area (Å²) < 4.78 is 59.7. The minimum Gasteiger partial charge on any atom is -0.494 e. The van der Waals surface area contributed by atoms with Crippen molar-refractivity contribution in [2.24, 2.45) is 0 Å². The van der Waals surface area contributed by atoms with Gasteiger partial charge in [0.15, 0.2) is 31.4 Å². The Morgan fingerprint density at radius 2 is 0.955 bits per heavy atom.